The molecule has 0 fully saturated rings. The van der Waals surface area contributed by atoms with Gasteiger partial charge in [0.1, 0.15) is 24.2 Å². The summed E-state index contributed by atoms with van der Waals surface area (Å²) in [7, 11) is 1.53. The van der Waals surface area contributed by atoms with Gasteiger partial charge in [-0.3, -0.25) is 4.79 Å². The van der Waals surface area contributed by atoms with Crippen LogP contribution in [0.3, 0.4) is 0 Å². The van der Waals surface area contributed by atoms with E-state index in [1.54, 1.807) is 22.8 Å². The summed E-state index contributed by atoms with van der Waals surface area (Å²) in [5.41, 5.74) is 1.51. The van der Waals surface area contributed by atoms with Crippen LogP contribution in [0.4, 0.5) is 0 Å². The van der Waals surface area contributed by atoms with Crippen LogP contribution in [-0.2, 0) is 6.54 Å². The van der Waals surface area contributed by atoms with Crippen LogP contribution in [0, 0.1) is 22.7 Å². The number of hydrogen-bond donors (Lipinski definition) is 0. The second kappa shape index (κ2) is 5.68. The van der Waals surface area contributed by atoms with Crippen molar-refractivity contribution in [3.63, 3.8) is 0 Å². The van der Waals surface area contributed by atoms with Gasteiger partial charge in [-0.15, -0.1) is 0 Å². The van der Waals surface area contributed by atoms with Gasteiger partial charge in [-0.1, -0.05) is 0 Å². The van der Waals surface area contributed by atoms with E-state index in [2.05, 4.69) is 4.98 Å². The Morgan fingerprint density at radius 1 is 1.40 bits per heavy atom. The molecular formula is C14H10N4O2. The summed E-state index contributed by atoms with van der Waals surface area (Å²) in [5, 5.41) is 17.9. The Balaban J connectivity index is 2.45. The summed E-state index contributed by atoms with van der Waals surface area (Å²) in [5.74, 6) is 0.603. The van der Waals surface area contributed by atoms with Crippen molar-refractivity contribution in [2.45, 2.75) is 6.54 Å². The number of aromatic nitrogens is 2. The van der Waals surface area contributed by atoms with Crippen LogP contribution in [0.25, 0.3) is 0 Å². The van der Waals surface area contributed by atoms with Gasteiger partial charge in [0.25, 0.3) is 0 Å². The number of carbonyl (C=O) groups is 1. The summed E-state index contributed by atoms with van der Waals surface area (Å²) < 4.78 is 6.77. The molecule has 0 saturated carbocycles. The maximum atomic E-state index is 10.8. The van der Waals surface area contributed by atoms with Gasteiger partial charge in [0.2, 0.25) is 0 Å². The van der Waals surface area contributed by atoms with E-state index in [4.69, 9.17) is 15.3 Å². The normalized spacial score (nSPS) is 9.55. The van der Waals surface area contributed by atoms with E-state index in [1.165, 1.54) is 13.4 Å². The van der Waals surface area contributed by atoms with Gasteiger partial charge in [0, 0.05) is 11.1 Å². The lowest BCUT2D eigenvalue weighted by atomic mass is 10.1. The van der Waals surface area contributed by atoms with E-state index in [0.29, 0.717) is 17.9 Å². The Bertz CT molecular complexity index is 735. The fraction of sp³-hybridized carbons (Fsp3) is 0.143. The van der Waals surface area contributed by atoms with E-state index in [9.17, 15) is 4.79 Å². The van der Waals surface area contributed by atoms with Gasteiger partial charge < -0.3 is 9.30 Å². The van der Waals surface area contributed by atoms with Gasteiger partial charge in [0.05, 0.1) is 20.0 Å². The highest BCUT2D eigenvalue weighted by atomic mass is 16.5. The Morgan fingerprint density at radius 2 is 2.20 bits per heavy atom. The monoisotopic (exact) mass is 266 g/mol. The molecular weight excluding hydrogens is 256 g/mol. The average Bonchev–Trinajstić information content (AvgIpc) is 2.88. The van der Waals surface area contributed by atoms with E-state index in [1.807, 2.05) is 12.1 Å². The molecule has 1 aromatic heterocycles. The third-order valence-electron chi connectivity index (χ3n) is 2.83. The standard InChI is InChI=1S/C14H10N4O2/c1-20-14-3-2-10(8-19)4-11(14)7-18-9-17-12(5-15)13(18)6-16/h2-4,8-9H,7H2,1H3. The zero-order valence-corrected chi connectivity index (χ0v) is 10.7. The van der Waals surface area contributed by atoms with Crippen molar-refractivity contribution in [2.75, 3.05) is 7.11 Å². The van der Waals surface area contributed by atoms with Gasteiger partial charge in [-0.25, -0.2) is 4.98 Å². The molecule has 98 valence electrons. The molecule has 2 aromatic rings. The highest BCUT2D eigenvalue weighted by Crippen LogP contribution is 2.21. The maximum Gasteiger partial charge on any atom is 0.176 e. The van der Waals surface area contributed by atoms with Crippen LogP contribution in [0.2, 0.25) is 0 Å². The maximum absolute atomic E-state index is 10.8. The third-order valence-corrected chi connectivity index (χ3v) is 2.83. The van der Waals surface area contributed by atoms with Crippen molar-refractivity contribution >= 4 is 6.29 Å². The first-order chi connectivity index (χ1) is 9.73. The molecule has 0 amide bonds. The van der Waals surface area contributed by atoms with Gasteiger partial charge in [-0.05, 0) is 18.2 Å². The van der Waals surface area contributed by atoms with Crippen molar-refractivity contribution in [1.82, 2.24) is 9.55 Å². The van der Waals surface area contributed by atoms with E-state index >= 15 is 0 Å². The van der Waals surface area contributed by atoms with Gasteiger partial charge >= 0.3 is 0 Å². The van der Waals surface area contributed by atoms with Crippen LogP contribution in [0.5, 0.6) is 5.75 Å². The zero-order valence-electron chi connectivity index (χ0n) is 10.7. The highest BCUT2D eigenvalue weighted by molar-refractivity contribution is 5.75. The summed E-state index contributed by atoms with van der Waals surface area (Å²) in [6.07, 6.45) is 2.16. The van der Waals surface area contributed by atoms with Crippen molar-refractivity contribution in [2.24, 2.45) is 0 Å². The fourth-order valence-corrected chi connectivity index (χ4v) is 1.88. The van der Waals surface area contributed by atoms with E-state index < -0.39 is 0 Å². The van der Waals surface area contributed by atoms with E-state index in [-0.39, 0.29) is 11.4 Å². The summed E-state index contributed by atoms with van der Waals surface area (Å²) in [6, 6.07) is 8.83. The van der Waals surface area contributed by atoms with Gasteiger partial charge in [0.15, 0.2) is 11.4 Å². The Morgan fingerprint density at radius 3 is 2.80 bits per heavy atom. The van der Waals surface area contributed by atoms with Crippen LogP contribution in [0.15, 0.2) is 24.5 Å². The number of methoxy groups -OCH3 is 1. The first-order valence-corrected chi connectivity index (χ1v) is 5.71. The number of nitriles is 2. The Labute approximate surface area is 115 Å². The number of ether oxygens (including phenoxy) is 1. The predicted molar refractivity (Wildman–Crippen MR) is 69.1 cm³/mol. The molecule has 0 aliphatic rings. The number of aldehydes is 1. The summed E-state index contributed by atoms with van der Waals surface area (Å²) in [4.78, 5) is 14.7. The minimum Gasteiger partial charge on any atom is -0.496 e. The lowest BCUT2D eigenvalue weighted by Crippen LogP contribution is -2.04. The van der Waals surface area contributed by atoms with Gasteiger partial charge in [-0.2, -0.15) is 10.5 Å². The first kappa shape index (κ1) is 13.3. The Hall–Kier alpha value is -3.12. The molecule has 20 heavy (non-hydrogen) atoms. The average molecular weight is 266 g/mol. The molecule has 0 N–H and O–H groups in total. The minimum atomic E-state index is 0.0815. The molecule has 0 atom stereocenters. The van der Waals surface area contributed by atoms with Crippen LogP contribution in [0.1, 0.15) is 27.3 Å². The van der Waals surface area contributed by atoms with Crippen LogP contribution in [-0.4, -0.2) is 22.9 Å². The zero-order chi connectivity index (χ0) is 14.5. The number of benzene rings is 1. The number of carbonyl (C=O) groups excluding carboxylic acids is 1. The number of nitrogens with zero attached hydrogens (tertiary/aromatic N) is 4. The smallest absolute Gasteiger partial charge is 0.176 e. The molecule has 2 rings (SSSR count). The number of imidazole rings is 1. The molecule has 0 spiro atoms. The largest absolute Gasteiger partial charge is 0.496 e. The van der Waals surface area contributed by atoms with Crippen LogP contribution >= 0.6 is 0 Å². The molecule has 0 radical (unpaired) electrons. The van der Waals surface area contributed by atoms with Crippen molar-refractivity contribution in [3.8, 4) is 17.9 Å². The molecule has 0 bridgehead atoms. The van der Waals surface area contributed by atoms with Crippen molar-refractivity contribution in [1.29, 1.82) is 10.5 Å². The molecule has 1 aromatic carbocycles. The molecule has 0 aliphatic heterocycles. The number of hydrogen-bond acceptors (Lipinski definition) is 5. The molecule has 0 unspecified atom stereocenters. The fourth-order valence-electron chi connectivity index (χ4n) is 1.88. The molecule has 0 saturated heterocycles. The molecule has 1 heterocycles. The molecule has 0 aliphatic carbocycles. The first-order valence-electron chi connectivity index (χ1n) is 5.71. The summed E-state index contributed by atoms with van der Waals surface area (Å²) in [6.45, 7) is 0.294. The quantitative estimate of drug-likeness (QED) is 0.782. The summed E-state index contributed by atoms with van der Waals surface area (Å²) >= 11 is 0. The third kappa shape index (κ3) is 2.36. The van der Waals surface area contributed by atoms with Crippen molar-refractivity contribution < 1.29 is 9.53 Å². The highest BCUT2D eigenvalue weighted by Gasteiger charge is 2.12. The minimum absolute atomic E-state index is 0.0815. The van der Waals surface area contributed by atoms with E-state index in [0.717, 1.165) is 11.8 Å². The lowest BCUT2D eigenvalue weighted by Gasteiger charge is -2.10. The second-order valence-corrected chi connectivity index (χ2v) is 3.98. The predicted octanol–water partition coefficient (Wildman–Crippen LogP) is 1.50. The number of rotatable bonds is 4. The lowest BCUT2D eigenvalue weighted by molar-refractivity contribution is 0.112. The van der Waals surface area contributed by atoms with Crippen LogP contribution < -0.4 is 4.74 Å². The molecule has 6 heteroatoms. The topological polar surface area (TPSA) is 91.7 Å². The molecule has 6 nitrogen and oxygen atoms in total. The second-order valence-electron chi connectivity index (χ2n) is 3.98. The van der Waals surface area contributed by atoms with Crippen molar-refractivity contribution in [3.05, 3.63) is 47.0 Å². The Kier molecular flexibility index (Phi) is 3.78. The SMILES string of the molecule is COc1ccc(C=O)cc1Cn1cnc(C#N)c1C#N.